The Morgan fingerprint density at radius 2 is 2.06 bits per heavy atom. The Bertz CT molecular complexity index is 359. The van der Waals surface area contributed by atoms with E-state index in [9.17, 15) is 5.11 Å². The molecular formula is C14H21NO2. The Labute approximate surface area is 103 Å². The lowest BCUT2D eigenvalue weighted by atomic mass is 9.85. The summed E-state index contributed by atoms with van der Waals surface area (Å²) in [6, 6.07) is 7.81. The summed E-state index contributed by atoms with van der Waals surface area (Å²) in [5, 5.41) is 13.7. The first-order chi connectivity index (χ1) is 8.22. The van der Waals surface area contributed by atoms with Crippen LogP contribution in [0.4, 0.5) is 5.69 Å². The normalized spacial score (nSPS) is 18.7. The molecule has 0 heterocycles. The molecule has 3 nitrogen and oxygen atoms in total. The third kappa shape index (κ3) is 3.37. The van der Waals surface area contributed by atoms with Crippen LogP contribution in [-0.2, 0) is 0 Å². The van der Waals surface area contributed by atoms with Crippen LogP contribution in [0.5, 0.6) is 5.75 Å². The van der Waals surface area contributed by atoms with Crippen molar-refractivity contribution < 1.29 is 9.84 Å². The van der Waals surface area contributed by atoms with Crippen molar-refractivity contribution in [1.29, 1.82) is 0 Å². The molecule has 0 aliphatic heterocycles. The summed E-state index contributed by atoms with van der Waals surface area (Å²) in [5.74, 6) is 0.839. The molecule has 1 aromatic carbocycles. The Hall–Kier alpha value is -1.22. The maximum Gasteiger partial charge on any atom is 0.120 e. The standard InChI is InChI=1S/C14H21NO2/c1-17-13-7-5-6-12(10-13)15-11-14(16)8-3-2-4-9-14/h5-7,10,15-16H,2-4,8-9,11H2,1H3. The minimum atomic E-state index is -0.526. The second-order valence-electron chi connectivity index (χ2n) is 4.87. The van der Waals surface area contributed by atoms with Gasteiger partial charge in [0.2, 0.25) is 0 Å². The van der Waals surface area contributed by atoms with Crippen molar-refractivity contribution in [2.45, 2.75) is 37.7 Å². The fourth-order valence-corrected chi connectivity index (χ4v) is 2.39. The molecule has 1 fully saturated rings. The van der Waals surface area contributed by atoms with Gasteiger partial charge in [-0.3, -0.25) is 0 Å². The Morgan fingerprint density at radius 1 is 1.29 bits per heavy atom. The minimum Gasteiger partial charge on any atom is -0.497 e. The molecule has 0 bridgehead atoms. The van der Waals surface area contributed by atoms with Crippen LogP contribution in [0.25, 0.3) is 0 Å². The second kappa shape index (κ2) is 5.41. The lowest BCUT2D eigenvalue weighted by molar-refractivity contribution is 0.0167. The van der Waals surface area contributed by atoms with E-state index in [1.165, 1.54) is 6.42 Å². The van der Waals surface area contributed by atoms with E-state index >= 15 is 0 Å². The molecule has 0 unspecified atom stereocenters. The molecule has 17 heavy (non-hydrogen) atoms. The Balaban J connectivity index is 1.92. The Kier molecular flexibility index (Phi) is 3.89. The van der Waals surface area contributed by atoms with Crippen LogP contribution in [0.2, 0.25) is 0 Å². The van der Waals surface area contributed by atoms with Gasteiger partial charge in [0.25, 0.3) is 0 Å². The van der Waals surface area contributed by atoms with E-state index < -0.39 is 5.60 Å². The molecule has 0 amide bonds. The van der Waals surface area contributed by atoms with Crippen LogP contribution in [0.3, 0.4) is 0 Å². The van der Waals surface area contributed by atoms with Gasteiger partial charge in [0, 0.05) is 18.3 Å². The van der Waals surface area contributed by atoms with Crippen LogP contribution in [0, 0.1) is 0 Å². The van der Waals surface area contributed by atoms with Gasteiger partial charge >= 0.3 is 0 Å². The molecular weight excluding hydrogens is 214 g/mol. The fraction of sp³-hybridized carbons (Fsp3) is 0.571. The van der Waals surface area contributed by atoms with Crippen LogP contribution in [0.1, 0.15) is 32.1 Å². The number of ether oxygens (including phenoxy) is 1. The highest BCUT2D eigenvalue weighted by Gasteiger charge is 2.28. The molecule has 94 valence electrons. The molecule has 1 saturated carbocycles. The predicted octanol–water partition coefficient (Wildman–Crippen LogP) is 2.80. The molecule has 0 aromatic heterocycles. The third-order valence-corrected chi connectivity index (χ3v) is 3.48. The van der Waals surface area contributed by atoms with E-state index in [1.54, 1.807) is 7.11 Å². The van der Waals surface area contributed by atoms with E-state index in [1.807, 2.05) is 24.3 Å². The van der Waals surface area contributed by atoms with E-state index in [0.29, 0.717) is 6.54 Å². The van der Waals surface area contributed by atoms with Crippen molar-refractivity contribution in [3.63, 3.8) is 0 Å². The summed E-state index contributed by atoms with van der Waals surface area (Å²) in [7, 11) is 1.66. The summed E-state index contributed by atoms with van der Waals surface area (Å²) < 4.78 is 5.17. The zero-order valence-electron chi connectivity index (χ0n) is 10.4. The molecule has 1 aliphatic carbocycles. The topological polar surface area (TPSA) is 41.5 Å². The lowest BCUT2D eigenvalue weighted by Crippen LogP contribution is -2.38. The van der Waals surface area contributed by atoms with Gasteiger partial charge in [0.1, 0.15) is 5.75 Å². The first-order valence-electron chi connectivity index (χ1n) is 6.32. The van der Waals surface area contributed by atoms with Gasteiger partial charge in [0.05, 0.1) is 12.7 Å². The molecule has 1 aromatic rings. The number of rotatable bonds is 4. The molecule has 0 atom stereocenters. The average molecular weight is 235 g/mol. The van der Waals surface area contributed by atoms with Gasteiger partial charge < -0.3 is 15.2 Å². The zero-order chi connectivity index (χ0) is 12.1. The highest BCUT2D eigenvalue weighted by atomic mass is 16.5. The van der Waals surface area contributed by atoms with E-state index in [4.69, 9.17) is 4.74 Å². The van der Waals surface area contributed by atoms with E-state index in [2.05, 4.69) is 5.32 Å². The number of nitrogens with one attached hydrogen (secondary N) is 1. The van der Waals surface area contributed by atoms with Crippen LogP contribution < -0.4 is 10.1 Å². The molecule has 1 aliphatic rings. The summed E-state index contributed by atoms with van der Waals surface area (Å²) >= 11 is 0. The Morgan fingerprint density at radius 3 is 2.76 bits per heavy atom. The van der Waals surface area contributed by atoms with E-state index in [0.717, 1.165) is 37.1 Å². The van der Waals surface area contributed by atoms with Crippen molar-refractivity contribution in [2.24, 2.45) is 0 Å². The van der Waals surface area contributed by atoms with Crippen LogP contribution in [-0.4, -0.2) is 24.4 Å². The summed E-state index contributed by atoms with van der Waals surface area (Å²) in [6.45, 7) is 0.625. The number of benzene rings is 1. The number of hydrogen-bond donors (Lipinski definition) is 2. The van der Waals surface area contributed by atoms with Crippen molar-refractivity contribution in [3.05, 3.63) is 24.3 Å². The molecule has 2 N–H and O–H groups in total. The predicted molar refractivity (Wildman–Crippen MR) is 69.5 cm³/mol. The highest BCUT2D eigenvalue weighted by molar-refractivity contribution is 5.48. The summed E-state index contributed by atoms with van der Waals surface area (Å²) in [4.78, 5) is 0. The monoisotopic (exact) mass is 235 g/mol. The van der Waals surface area contributed by atoms with Gasteiger partial charge in [-0.05, 0) is 25.0 Å². The molecule has 3 heteroatoms. The quantitative estimate of drug-likeness (QED) is 0.843. The van der Waals surface area contributed by atoms with Crippen LogP contribution in [0.15, 0.2) is 24.3 Å². The minimum absolute atomic E-state index is 0.526. The lowest BCUT2D eigenvalue weighted by Gasteiger charge is -2.32. The first kappa shape index (κ1) is 12.2. The SMILES string of the molecule is COc1cccc(NCC2(O)CCCCC2)c1. The zero-order valence-corrected chi connectivity index (χ0v) is 10.4. The average Bonchev–Trinajstić information content (AvgIpc) is 2.38. The van der Waals surface area contributed by atoms with Crippen molar-refractivity contribution in [1.82, 2.24) is 0 Å². The number of anilines is 1. The van der Waals surface area contributed by atoms with Gasteiger partial charge in [-0.25, -0.2) is 0 Å². The number of aliphatic hydroxyl groups is 1. The molecule has 2 rings (SSSR count). The van der Waals surface area contributed by atoms with Gasteiger partial charge in [0.15, 0.2) is 0 Å². The van der Waals surface area contributed by atoms with Crippen molar-refractivity contribution >= 4 is 5.69 Å². The van der Waals surface area contributed by atoms with Crippen molar-refractivity contribution in [2.75, 3.05) is 19.0 Å². The fourth-order valence-electron chi connectivity index (χ4n) is 2.39. The van der Waals surface area contributed by atoms with Crippen molar-refractivity contribution in [3.8, 4) is 5.75 Å². The number of hydrogen-bond acceptors (Lipinski definition) is 3. The molecule has 0 radical (unpaired) electrons. The van der Waals surface area contributed by atoms with Crippen LogP contribution >= 0.6 is 0 Å². The second-order valence-corrected chi connectivity index (χ2v) is 4.87. The van der Waals surface area contributed by atoms with Gasteiger partial charge in [-0.2, -0.15) is 0 Å². The largest absolute Gasteiger partial charge is 0.497 e. The first-order valence-corrected chi connectivity index (χ1v) is 6.32. The number of methoxy groups -OCH3 is 1. The highest BCUT2D eigenvalue weighted by Crippen LogP contribution is 2.28. The third-order valence-electron chi connectivity index (χ3n) is 3.48. The van der Waals surface area contributed by atoms with Gasteiger partial charge in [-0.1, -0.05) is 25.3 Å². The maximum absolute atomic E-state index is 10.4. The van der Waals surface area contributed by atoms with Gasteiger partial charge in [-0.15, -0.1) is 0 Å². The molecule has 0 spiro atoms. The maximum atomic E-state index is 10.4. The summed E-state index contributed by atoms with van der Waals surface area (Å²) in [5.41, 5.74) is 0.477. The molecule has 0 saturated heterocycles. The smallest absolute Gasteiger partial charge is 0.120 e. The summed E-state index contributed by atoms with van der Waals surface area (Å²) in [6.07, 6.45) is 5.34. The van der Waals surface area contributed by atoms with E-state index in [-0.39, 0.29) is 0 Å².